The number of nitrogens with one attached hydrogen (secondary N) is 1. The van der Waals surface area contributed by atoms with E-state index in [1.807, 2.05) is 18.2 Å². The van der Waals surface area contributed by atoms with Crippen LogP contribution in [0.5, 0.6) is 0 Å². The van der Waals surface area contributed by atoms with Crippen molar-refractivity contribution >= 4 is 11.6 Å². The van der Waals surface area contributed by atoms with Crippen LogP contribution in [0.3, 0.4) is 0 Å². The zero-order chi connectivity index (χ0) is 15.1. The second-order valence-corrected chi connectivity index (χ2v) is 5.51. The van der Waals surface area contributed by atoms with E-state index < -0.39 is 0 Å². The molecule has 0 aliphatic heterocycles. The van der Waals surface area contributed by atoms with Crippen LogP contribution >= 0.6 is 0 Å². The van der Waals surface area contributed by atoms with Crippen molar-refractivity contribution in [3.8, 4) is 11.8 Å². The third kappa shape index (κ3) is 4.34. The van der Waals surface area contributed by atoms with E-state index in [9.17, 15) is 4.79 Å². The lowest BCUT2D eigenvalue weighted by Crippen LogP contribution is -2.25. The number of amides is 1. The minimum atomic E-state index is -0.137. The van der Waals surface area contributed by atoms with Gasteiger partial charge in [0.05, 0.1) is 0 Å². The van der Waals surface area contributed by atoms with E-state index in [-0.39, 0.29) is 18.4 Å². The molecule has 1 aromatic rings. The highest BCUT2D eigenvalue weighted by atomic mass is 16.2. The fourth-order valence-corrected chi connectivity index (χ4v) is 2.83. The Bertz CT molecular complexity index is 548. The van der Waals surface area contributed by atoms with Crippen molar-refractivity contribution in [1.29, 1.82) is 0 Å². The van der Waals surface area contributed by atoms with Crippen LogP contribution < -0.4 is 5.32 Å². The van der Waals surface area contributed by atoms with E-state index >= 15 is 0 Å². The predicted molar refractivity (Wildman–Crippen MR) is 85.0 cm³/mol. The van der Waals surface area contributed by atoms with Gasteiger partial charge in [0.2, 0.25) is 5.91 Å². The Balaban J connectivity index is 2.09. The second kappa shape index (κ2) is 7.85. The summed E-state index contributed by atoms with van der Waals surface area (Å²) in [5, 5.41) is 11.8. The van der Waals surface area contributed by atoms with Crippen LogP contribution in [-0.2, 0) is 11.2 Å². The molecule has 0 aromatic heterocycles. The van der Waals surface area contributed by atoms with Gasteiger partial charge < -0.3 is 10.4 Å². The molecule has 0 atom stereocenters. The van der Waals surface area contributed by atoms with Gasteiger partial charge >= 0.3 is 0 Å². The number of carbonyl (C=O) groups is 1. The Kier molecular flexibility index (Phi) is 5.83. The lowest BCUT2D eigenvalue weighted by atomic mass is 9.88. The molecule has 2 rings (SSSR count). The lowest BCUT2D eigenvalue weighted by molar-refractivity contribution is -0.120. The van der Waals surface area contributed by atoms with E-state index in [2.05, 4.69) is 24.1 Å². The molecule has 0 radical (unpaired) electrons. The lowest BCUT2D eigenvalue weighted by Gasteiger charge is -2.21. The molecule has 2 N–H and O–H groups in total. The SMILES string of the molecule is CCc1cc(C#CCO)ccc1NC(=O)C1CCCCC1. The van der Waals surface area contributed by atoms with Crippen LogP contribution in [0.25, 0.3) is 0 Å². The average Bonchev–Trinajstić information content (AvgIpc) is 2.54. The standard InChI is InChI=1S/C18H23NO2/c1-2-15-13-14(7-6-12-20)10-11-17(15)19-18(21)16-8-4-3-5-9-16/h10-11,13,16,20H,2-5,8-9,12H2,1H3,(H,19,21). The van der Waals surface area contributed by atoms with Gasteiger partial charge in [0.15, 0.2) is 0 Å². The summed E-state index contributed by atoms with van der Waals surface area (Å²) >= 11 is 0. The average molecular weight is 285 g/mol. The van der Waals surface area contributed by atoms with E-state index in [4.69, 9.17) is 5.11 Å². The van der Waals surface area contributed by atoms with Gasteiger partial charge in [-0.15, -0.1) is 0 Å². The molecule has 21 heavy (non-hydrogen) atoms. The first-order valence-corrected chi connectivity index (χ1v) is 7.78. The van der Waals surface area contributed by atoms with Gasteiger partial charge in [0, 0.05) is 17.2 Å². The quantitative estimate of drug-likeness (QED) is 0.838. The molecule has 0 heterocycles. The molecule has 3 nitrogen and oxygen atoms in total. The Morgan fingerprint density at radius 3 is 2.76 bits per heavy atom. The Labute approximate surface area is 126 Å². The highest BCUT2D eigenvalue weighted by Crippen LogP contribution is 2.26. The summed E-state index contributed by atoms with van der Waals surface area (Å²) < 4.78 is 0. The third-order valence-electron chi connectivity index (χ3n) is 4.03. The van der Waals surface area contributed by atoms with E-state index in [1.54, 1.807) is 0 Å². The number of aryl methyl sites for hydroxylation is 1. The Hall–Kier alpha value is -1.79. The van der Waals surface area contributed by atoms with Crippen molar-refractivity contribution in [2.75, 3.05) is 11.9 Å². The number of anilines is 1. The van der Waals surface area contributed by atoms with Crippen LogP contribution in [-0.4, -0.2) is 17.6 Å². The predicted octanol–water partition coefficient (Wildman–Crippen LogP) is 3.11. The summed E-state index contributed by atoms with van der Waals surface area (Å²) in [6, 6.07) is 5.79. The molecule has 1 fully saturated rings. The smallest absolute Gasteiger partial charge is 0.227 e. The highest BCUT2D eigenvalue weighted by Gasteiger charge is 2.21. The first-order valence-electron chi connectivity index (χ1n) is 7.78. The minimum Gasteiger partial charge on any atom is -0.384 e. The molecule has 1 aliphatic carbocycles. The summed E-state index contributed by atoms with van der Waals surface area (Å²) in [7, 11) is 0. The number of carbonyl (C=O) groups excluding carboxylic acids is 1. The number of hydrogen-bond donors (Lipinski definition) is 2. The molecular formula is C18H23NO2. The summed E-state index contributed by atoms with van der Waals surface area (Å²) in [4.78, 5) is 12.3. The second-order valence-electron chi connectivity index (χ2n) is 5.51. The molecule has 1 aromatic carbocycles. The van der Waals surface area contributed by atoms with Crippen LogP contribution in [0.4, 0.5) is 5.69 Å². The topological polar surface area (TPSA) is 49.3 Å². The van der Waals surface area contributed by atoms with Gasteiger partial charge in [-0.3, -0.25) is 4.79 Å². The molecular weight excluding hydrogens is 262 g/mol. The molecule has 1 amide bonds. The zero-order valence-corrected chi connectivity index (χ0v) is 12.6. The van der Waals surface area contributed by atoms with Crippen LogP contribution in [0.1, 0.15) is 50.2 Å². The van der Waals surface area contributed by atoms with Gasteiger partial charge in [-0.1, -0.05) is 38.0 Å². The number of hydrogen-bond acceptors (Lipinski definition) is 2. The first-order chi connectivity index (χ1) is 10.2. The van der Waals surface area contributed by atoms with Crippen LogP contribution in [0, 0.1) is 17.8 Å². The number of aliphatic hydroxyl groups is 1. The van der Waals surface area contributed by atoms with Crippen LogP contribution in [0.15, 0.2) is 18.2 Å². The maximum Gasteiger partial charge on any atom is 0.227 e. The van der Waals surface area contributed by atoms with Crippen molar-refractivity contribution in [3.05, 3.63) is 29.3 Å². The molecule has 112 valence electrons. The summed E-state index contributed by atoms with van der Waals surface area (Å²) in [6.45, 7) is 1.93. The third-order valence-corrected chi connectivity index (χ3v) is 4.03. The number of rotatable bonds is 3. The number of aliphatic hydroxyl groups excluding tert-OH is 1. The van der Waals surface area contributed by atoms with Crippen molar-refractivity contribution in [2.45, 2.75) is 45.4 Å². The molecule has 0 saturated heterocycles. The normalized spacial score (nSPS) is 15.1. The van der Waals surface area contributed by atoms with Gasteiger partial charge in [-0.05, 0) is 43.0 Å². The maximum atomic E-state index is 12.3. The highest BCUT2D eigenvalue weighted by molar-refractivity contribution is 5.93. The first kappa shape index (κ1) is 15.6. The summed E-state index contributed by atoms with van der Waals surface area (Å²) in [6.07, 6.45) is 6.43. The van der Waals surface area contributed by atoms with Crippen molar-refractivity contribution in [3.63, 3.8) is 0 Å². The van der Waals surface area contributed by atoms with Crippen molar-refractivity contribution in [1.82, 2.24) is 0 Å². The Morgan fingerprint density at radius 2 is 2.10 bits per heavy atom. The van der Waals surface area contributed by atoms with Gasteiger partial charge in [-0.2, -0.15) is 0 Å². The van der Waals surface area contributed by atoms with E-state index in [0.29, 0.717) is 0 Å². The van der Waals surface area contributed by atoms with E-state index in [1.165, 1.54) is 6.42 Å². The fraction of sp³-hybridized carbons (Fsp3) is 0.500. The zero-order valence-electron chi connectivity index (χ0n) is 12.6. The molecule has 1 saturated carbocycles. The maximum absolute atomic E-state index is 12.3. The van der Waals surface area contributed by atoms with Crippen molar-refractivity contribution in [2.24, 2.45) is 5.92 Å². The van der Waals surface area contributed by atoms with Gasteiger partial charge in [0.25, 0.3) is 0 Å². The van der Waals surface area contributed by atoms with Gasteiger partial charge in [0.1, 0.15) is 6.61 Å². The minimum absolute atomic E-state index is 0.137. The fourth-order valence-electron chi connectivity index (χ4n) is 2.83. The van der Waals surface area contributed by atoms with E-state index in [0.717, 1.165) is 48.9 Å². The largest absolute Gasteiger partial charge is 0.384 e. The molecule has 3 heteroatoms. The summed E-state index contributed by atoms with van der Waals surface area (Å²) in [5.41, 5.74) is 2.85. The monoisotopic (exact) mass is 285 g/mol. The number of benzene rings is 1. The van der Waals surface area contributed by atoms with Crippen LogP contribution in [0.2, 0.25) is 0 Å². The summed E-state index contributed by atoms with van der Waals surface area (Å²) in [5.74, 6) is 5.86. The molecule has 0 bridgehead atoms. The Morgan fingerprint density at radius 1 is 1.33 bits per heavy atom. The molecule has 1 aliphatic rings. The molecule has 0 spiro atoms. The molecule has 0 unspecified atom stereocenters. The van der Waals surface area contributed by atoms with Crippen molar-refractivity contribution < 1.29 is 9.90 Å². The van der Waals surface area contributed by atoms with Gasteiger partial charge in [-0.25, -0.2) is 0 Å².